The molecule has 0 fully saturated rings. The van der Waals surface area contributed by atoms with Crippen LogP contribution in [0.25, 0.3) is 242 Å². The molecule has 0 spiro atoms. The third-order valence-corrected chi connectivity index (χ3v) is 25.0. The highest BCUT2D eigenvalue weighted by molar-refractivity contribution is 6.24. The van der Waals surface area contributed by atoms with Crippen molar-refractivity contribution in [3.05, 3.63) is 437 Å². The van der Waals surface area contributed by atoms with Crippen molar-refractivity contribution >= 4 is 141 Å². The number of nitrogens with zero attached hydrogens (tertiary/aromatic N) is 2. The molecular formula is C116H72N2O2. The fourth-order valence-corrected chi connectivity index (χ4v) is 19.6. The molecule has 4 nitrogen and oxygen atoms in total. The number of rotatable bonds is 10. The molecule has 0 bridgehead atoms. The lowest BCUT2D eigenvalue weighted by Crippen LogP contribution is -1.95. The van der Waals surface area contributed by atoms with Gasteiger partial charge >= 0.3 is 0 Å². The Morgan fingerprint density at radius 1 is 0.150 bits per heavy atom. The van der Waals surface area contributed by atoms with Crippen LogP contribution in [-0.4, -0.2) is 9.13 Å². The minimum atomic E-state index is 0.906. The summed E-state index contributed by atoms with van der Waals surface area (Å²) in [6, 6.07) is 159. The van der Waals surface area contributed by atoms with Crippen molar-refractivity contribution in [2.45, 2.75) is 0 Å². The van der Waals surface area contributed by atoms with E-state index in [0.717, 1.165) is 88.5 Å². The van der Waals surface area contributed by atoms with Crippen molar-refractivity contribution in [1.29, 1.82) is 0 Å². The third kappa shape index (κ3) is 11.1. The standard InChI is InChI=1S/C60H37NO.C56H35NO/c1-2-15-39(16-3-1)58-48-20-6-8-22-50(48)59(51-23-9-7-21-49(51)58)40-28-32-43(33-29-40)61-55-34-30-41(45-24-12-17-38-14-4-5-18-44(38)45)36-53(55)54-37-42(31-35-56(54)61)46-25-13-26-52-47-19-10-11-27-57(47)62-60(46)52;1-3-14-36(15-4-1)39-28-32-51-49(34-39)50-35-40(42-23-13-24-48-43-18-11-12-25-53(43)58-56(42)48)29-33-52(50)57(51)41-30-26-38(27-31-41)55-46-21-9-7-19-44(46)54(37-16-5-2-6-17-37)45-20-8-10-22-47(45)55/h1-37H;1-35H. The molecule has 25 aromatic rings. The molecule has 4 aromatic heterocycles. The molecule has 0 radical (unpaired) electrons. The lowest BCUT2D eigenvalue weighted by atomic mass is 9.86. The van der Waals surface area contributed by atoms with Crippen LogP contribution >= 0.6 is 0 Å². The maximum absolute atomic E-state index is 6.55. The predicted molar refractivity (Wildman–Crippen MR) is 507 cm³/mol. The molecule has 4 heteroatoms. The summed E-state index contributed by atoms with van der Waals surface area (Å²) in [6.45, 7) is 0. The molecular weight excluding hydrogens is 1450 g/mol. The maximum atomic E-state index is 6.55. The summed E-state index contributed by atoms with van der Waals surface area (Å²) < 4.78 is 17.9. The second-order valence-electron chi connectivity index (χ2n) is 31.6. The predicted octanol–water partition coefficient (Wildman–Crippen LogP) is 32.5. The van der Waals surface area contributed by atoms with Crippen LogP contribution in [-0.2, 0) is 0 Å². The number of hydrogen-bond donors (Lipinski definition) is 0. The fraction of sp³-hybridized carbons (Fsp3) is 0. The van der Waals surface area contributed by atoms with Crippen LogP contribution in [0.5, 0.6) is 0 Å². The Bertz CT molecular complexity index is 8320. The van der Waals surface area contributed by atoms with Crippen molar-refractivity contribution < 1.29 is 8.83 Å². The van der Waals surface area contributed by atoms with E-state index in [4.69, 9.17) is 8.83 Å². The van der Waals surface area contributed by atoms with Gasteiger partial charge in [-0.2, -0.15) is 0 Å². The quantitative estimate of drug-likeness (QED) is 0.128. The largest absolute Gasteiger partial charge is 0.455 e. The van der Waals surface area contributed by atoms with Crippen LogP contribution < -0.4 is 0 Å². The molecule has 25 rings (SSSR count). The summed E-state index contributed by atoms with van der Waals surface area (Å²) >= 11 is 0. The van der Waals surface area contributed by atoms with Gasteiger partial charge in [-0.15, -0.1) is 0 Å². The van der Waals surface area contributed by atoms with Crippen LogP contribution in [0.4, 0.5) is 0 Å². The van der Waals surface area contributed by atoms with E-state index in [1.807, 2.05) is 12.1 Å². The van der Waals surface area contributed by atoms with Gasteiger partial charge in [0.05, 0.1) is 22.1 Å². The highest BCUT2D eigenvalue weighted by Crippen LogP contribution is 2.49. The number of furan rings is 2. The van der Waals surface area contributed by atoms with E-state index in [0.29, 0.717) is 0 Å². The Hall–Kier alpha value is -15.9. The molecule has 0 aliphatic rings. The van der Waals surface area contributed by atoms with Crippen molar-refractivity contribution in [2.24, 2.45) is 0 Å². The summed E-state index contributed by atoms with van der Waals surface area (Å²) in [5.74, 6) is 0. The first-order chi connectivity index (χ1) is 59.5. The lowest BCUT2D eigenvalue weighted by molar-refractivity contribution is 0.669. The second-order valence-corrected chi connectivity index (χ2v) is 31.6. The molecule has 0 atom stereocenters. The van der Waals surface area contributed by atoms with E-state index >= 15 is 0 Å². The average molecular weight is 1530 g/mol. The zero-order chi connectivity index (χ0) is 78.9. The molecule has 558 valence electrons. The van der Waals surface area contributed by atoms with Gasteiger partial charge in [0.1, 0.15) is 22.3 Å². The summed E-state index contributed by atoms with van der Waals surface area (Å²) in [6.07, 6.45) is 0. The number of aromatic nitrogens is 2. The number of para-hydroxylation sites is 4. The summed E-state index contributed by atoms with van der Waals surface area (Å²) in [5, 5.41) is 21.9. The molecule has 21 aromatic carbocycles. The van der Waals surface area contributed by atoms with Gasteiger partial charge < -0.3 is 18.0 Å². The first kappa shape index (κ1) is 68.5. The highest BCUT2D eigenvalue weighted by atomic mass is 16.3. The van der Waals surface area contributed by atoms with Gasteiger partial charge in [-0.3, -0.25) is 0 Å². The average Bonchev–Trinajstić information content (AvgIpc) is 1.60. The first-order valence-corrected chi connectivity index (χ1v) is 41.3. The van der Waals surface area contributed by atoms with Crippen LogP contribution in [0.2, 0.25) is 0 Å². The van der Waals surface area contributed by atoms with Gasteiger partial charge in [-0.25, -0.2) is 0 Å². The van der Waals surface area contributed by atoms with E-state index in [9.17, 15) is 0 Å². The van der Waals surface area contributed by atoms with Crippen molar-refractivity contribution in [2.75, 3.05) is 0 Å². The monoisotopic (exact) mass is 1520 g/mol. The minimum absolute atomic E-state index is 0.906. The van der Waals surface area contributed by atoms with Gasteiger partial charge in [0.25, 0.3) is 0 Å². The Balaban J connectivity index is 0.000000137. The highest BCUT2D eigenvalue weighted by Gasteiger charge is 2.24. The van der Waals surface area contributed by atoms with Crippen LogP contribution in [0.3, 0.4) is 0 Å². The zero-order valence-electron chi connectivity index (χ0n) is 65.3. The topological polar surface area (TPSA) is 36.1 Å². The lowest BCUT2D eigenvalue weighted by Gasteiger charge is -2.18. The smallest absolute Gasteiger partial charge is 0.143 e. The van der Waals surface area contributed by atoms with Crippen molar-refractivity contribution in [3.8, 4) is 100 Å². The molecule has 0 aliphatic heterocycles. The van der Waals surface area contributed by atoms with E-state index in [1.165, 1.54) is 153 Å². The van der Waals surface area contributed by atoms with Gasteiger partial charge in [-0.05, 0) is 217 Å². The minimum Gasteiger partial charge on any atom is -0.455 e. The summed E-state index contributed by atoms with van der Waals surface area (Å²) in [7, 11) is 0. The van der Waals surface area contributed by atoms with Gasteiger partial charge in [0, 0.05) is 65.6 Å². The van der Waals surface area contributed by atoms with E-state index in [1.54, 1.807) is 0 Å². The molecule has 0 N–H and O–H groups in total. The van der Waals surface area contributed by atoms with Gasteiger partial charge in [0.2, 0.25) is 0 Å². The molecule has 0 amide bonds. The van der Waals surface area contributed by atoms with Crippen LogP contribution in [0, 0.1) is 0 Å². The molecule has 120 heavy (non-hydrogen) atoms. The maximum Gasteiger partial charge on any atom is 0.143 e. The number of hydrogen-bond acceptors (Lipinski definition) is 2. The Morgan fingerprint density at radius 3 is 0.792 bits per heavy atom. The van der Waals surface area contributed by atoms with E-state index in [2.05, 4.69) is 434 Å². The van der Waals surface area contributed by atoms with Gasteiger partial charge in [0.15, 0.2) is 0 Å². The number of benzene rings is 21. The summed E-state index contributed by atoms with van der Waals surface area (Å²) in [4.78, 5) is 0. The Kier molecular flexibility index (Phi) is 16.0. The van der Waals surface area contributed by atoms with Crippen molar-refractivity contribution in [3.63, 3.8) is 0 Å². The zero-order valence-corrected chi connectivity index (χ0v) is 65.3. The Morgan fingerprint density at radius 2 is 0.408 bits per heavy atom. The Labute approximate surface area is 691 Å². The second kappa shape index (κ2) is 28.0. The third-order valence-electron chi connectivity index (χ3n) is 25.0. The first-order valence-electron chi connectivity index (χ1n) is 41.3. The fourth-order valence-electron chi connectivity index (χ4n) is 19.6. The molecule has 0 saturated carbocycles. The molecule has 4 heterocycles. The summed E-state index contributed by atoms with van der Waals surface area (Å²) in [5.41, 5.74) is 29.8. The van der Waals surface area contributed by atoms with Crippen molar-refractivity contribution in [1.82, 2.24) is 9.13 Å². The van der Waals surface area contributed by atoms with E-state index in [-0.39, 0.29) is 0 Å². The normalized spacial score (nSPS) is 11.8. The van der Waals surface area contributed by atoms with Crippen LogP contribution in [0.15, 0.2) is 446 Å². The van der Waals surface area contributed by atoms with Crippen LogP contribution in [0.1, 0.15) is 0 Å². The molecule has 0 unspecified atom stereocenters. The number of fused-ring (bicyclic) bond motifs is 17. The SMILES string of the molecule is c1ccc(-c2c3ccccc3c(-c3ccc(-n4c5ccc(-c6cccc7ccccc67)cc5c5cc(-c6cccc7c6oc6ccccc67)ccc54)cc3)c3ccccc23)cc1.c1ccc(-c2ccc3c(c2)c2cc(-c4cccc5c4oc4ccccc45)ccc2n3-c2ccc(-c3c4ccccc4c(-c4ccccc4)c4ccccc34)cc2)cc1. The molecule has 0 aliphatic carbocycles. The van der Waals surface area contributed by atoms with E-state index < -0.39 is 0 Å². The van der Waals surface area contributed by atoms with Gasteiger partial charge in [-0.1, -0.05) is 352 Å². The molecule has 0 saturated heterocycles.